The molecule has 1 N–H and O–H groups in total. The molecule has 0 aromatic heterocycles. The van der Waals surface area contributed by atoms with Crippen LogP contribution in [0.5, 0.6) is 5.75 Å². The van der Waals surface area contributed by atoms with Gasteiger partial charge in [0.15, 0.2) is 0 Å². The lowest BCUT2D eigenvalue weighted by atomic mass is 10.0. The van der Waals surface area contributed by atoms with Crippen LogP contribution in [-0.2, 0) is 0 Å². The monoisotopic (exact) mass is 341 g/mol. The van der Waals surface area contributed by atoms with Gasteiger partial charge in [0.05, 0.1) is 12.7 Å². The summed E-state index contributed by atoms with van der Waals surface area (Å²) in [4.78, 5) is 2.43. The second-order valence-corrected chi connectivity index (χ2v) is 6.54. The van der Waals surface area contributed by atoms with Crippen LogP contribution in [0.2, 0.25) is 0 Å². The van der Waals surface area contributed by atoms with E-state index < -0.39 is 6.10 Å². The average molecular weight is 342 g/mol. The fourth-order valence-electron chi connectivity index (χ4n) is 2.79. The van der Waals surface area contributed by atoms with Crippen molar-refractivity contribution in [3.05, 3.63) is 28.2 Å². The molecule has 0 amide bonds. The number of aliphatic hydroxyl groups excluding tert-OH is 1. The first-order valence-electron chi connectivity index (χ1n) is 7.38. The third-order valence-electron chi connectivity index (χ3n) is 4.06. The Labute approximate surface area is 130 Å². The Morgan fingerprint density at radius 3 is 2.95 bits per heavy atom. The second kappa shape index (κ2) is 7.43. The SMILES string of the molecule is CC(O)c1ccc(Br)cc1OCCC1CCCCN1C. The smallest absolute Gasteiger partial charge is 0.126 e. The molecule has 3 nitrogen and oxygen atoms in total. The van der Waals surface area contributed by atoms with Gasteiger partial charge >= 0.3 is 0 Å². The molecule has 4 heteroatoms. The minimum atomic E-state index is -0.504. The Kier molecular flexibility index (Phi) is 5.87. The molecule has 0 bridgehead atoms. The van der Waals surface area contributed by atoms with Crippen molar-refractivity contribution in [2.75, 3.05) is 20.2 Å². The van der Waals surface area contributed by atoms with Crippen LogP contribution in [0, 0.1) is 0 Å². The maximum atomic E-state index is 9.78. The molecular formula is C16H24BrNO2. The van der Waals surface area contributed by atoms with Crippen molar-refractivity contribution in [2.45, 2.75) is 44.8 Å². The Morgan fingerprint density at radius 1 is 1.45 bits per heavy atom. The fourth-order valence-corrected chi connectivity index (χ4v) is 3.13. The van der Waals surface area contributed by atoms with E-state index in [1.807, 2.05) is 18.2 Å². The molecule has 0 saturated carbocycles. The summed E-state index contributed by atoms with van der Waals surface area (Å²) in [5.41, 5.74) is 0.852. The highest BCUT2D eigenvalue weighted by atomic mass is 79.9. The number of hydrogen-bond acceptors (Lipinski definition) is 3. The number of rotatable bonds is 5. The molecule has 0 radical (unpaired) electrons. The third kappa shape index (κ3) is 4.21. The topological polar surface area (TPSA) is 32.7 Å². The number of nitrogens with zero attached hydrogens (tertiary/aromatic N) is 1. The van der Waals surface area contributed by atoms with Gasteiger partial charge in [-0.1, -0.05) is 28.4 Å². The first-order valence-corrected chi connectivity index (χ1v) is 8.18. The summed E-state index contributed by atoms with van der Waals surface area (Å²) < 4.78 is 6.89. The fraction of sp³-hybridized carbons (Fsp3) is 0.625. The summed E-state index contributed by atoms with van der Waals surface area (Å²) in [7, 11) is 2.20. The number of likely N-dealkylation sites (tertiary alicyclic amines) is 1. The van der Waals surface area contributed by atoms with Gasteiger partial charge in [-0.2, -0.15) is 0 Å². The molecule has 0 aliphatic carbocycles. The number of ether oxygens (including phenoxy) is 1. The number of halogens is 1. The van der Waals surface area contributed by atoms with E-state index in [9.17, 15) is 5.11 Å². The van der Waals surface area contributed by atoms with E-state index in [-0.39, 0.29) is 0 Å². The van der Waals surface area contributed by atoms with Gasteiger partial charge in [0.1, 0.15) is 5.75 Å². The Hall–Kier alpha value is -0.580. The maximum absolute atomic E-state index is 9.78. The minimum Gasteiger partial charge on any atom is -0.493 e. The molecule has 1 aliphatic heterocycles. The predicted octanol–water partition coefficient (Wildman–Crippen LogP) is 3.76. The minimum absolute atomic E-state index is 0.504. The Bertz CT molecular complexity index is 436. The summed E-state index contributed by atoms with van der Waals surface area (Å²) >= 11 is 3.45. The normalized spacial score (nSPS) is 21.7. The zero-order valence-electron chi connectivity index (χ0n) is 12.3. The molecule has 112 valence electrons. The molecule has 1 aromatic carbocycles. The highest BCUT2D eigenvalue weighted by molar-refractivity contribution is 9.10. The second-order valence-electron chi connectivity index (χ2n) is 5.63. The van der Waals surface area contributed by atoms with E-state index in [2.05, 4.69) is 27.9 Å². The molecular weight excluding hydrogens is 318 g/mol. The van der Waals surface area contributed by atoms with E-state index in [1.54, 1.807) is 6.92 Å². The third-order valence-corrected chi connectivity index (χ3v) is 4.55. The van der Waals surface area contributed by atoms with Crippen molar-refractivity contribution >= 4 is 15.9 Å². The number of aliphatic hydroxyl groups is 1. The van der Waals surface area contributed by atoms with Crippen molar-refractivity contribution < 1.29 is 9.84 Å². The van der Waals surface area contributed by atoms with Crippen LogP contribution < -0.4 is 4.74 Å². The lowest BCUT2D eigenvalue weighted by Gasteiger charge is -2.32. The number of benzene rings is 1. The van der Waals surface area contributed by atoms with E-state index in [0.29, 0.717) is 12.6 Å². The zero-order chi connectivity index (χ0) is 14.5. The van der Waals surface area contributed by atoms with Crippen LogP contribution >= 0.6 is 15.9 Å². The molecule has 0 spiro atoms. The average Bonchev–Trinajstić information content (AvgIpc) is 2.41. The van der Waals surface area contributed by atoms with Gasteiger partial charge in [-0.25, -0.2) is 0 Å². The van der Waals surface area contributed by atoms with Crippen LogP contribution in [0.1, 0.15) is 44.3 Å². The highest BCUT2D eigenvalue weighted by Crippen LogP contribution is 2.29. The van der Waals surface area contributed by atoms with Crippen LogP contribution in [0.15, 0.2) is 22.7 Å². The van der Waals surface area contributed by atoms with Crippen LogP contribution in [0.25, 0.3) is 0 Å². The van der Waals surface area contributed by atoms with Crippen molar-refractivity contribution in [2.24, 2.45) is 0 Å². The first kappa shape index (κ1) is 15.8. The van der Waals surface area contributed by atoms with Crippen molar-refractivity contribution in [3.8, 4) is 5.75 Å². The summed E-state index contributed by atoms with van der Waals surface area (Å²) in [6.45, 7) is 3.66. The quantitative estimate of drug-likeness (QED) is 0.885. The number of hydrogen-bond donors (Lipinski definition) is 1. The molecule has 1 saturated heterocycles. The molecule has 1 aromatic rings. The van der Waals surface area contributed by atoms with Gasteiger partial charge in [-0.3, -0.25) is 0 Å². The summed E-state index contributed by atoms with van der Waals surface area (Å²) in [6.07, 6.45) is 4.44. The number of piperidine rings is 1. The van der Waals surface area contributed by atoms with Gasteiger partial charge in [-0.15, -0.1) is 0 Å². The highest BCUT2D eigenvalue weighted by Gasteiger charge is 2.19. The molecule has 2 atom stereocenters. The molecule has 20 heavy (non-hydrogen) atoms. The molecule has 2 rings (SSSR count). The van der Waals surface area contributed by atoms with Gasteiger partial charge in [0.25, 0.3) is 0 Å². The maximum Gasteiger partial charge on any atom is 0.126 e. The molecule has 1 aliphatic rings. The van der Waals surface area contributed by atoms with E-state index in [4.69, 9.17) is 4.74 Å². The van der Waals surface area contributed by atoms with E-state index >= 15 is 0 Å². The molecule has 1 fully saturated rings. The van der Waals surface area contributed by atoms with E-state index in [1.165, 1.54) is 25.8 Å². The van der Waals surface area contributed by atoms with Gasteiger partial charge in [-0.05, 0) is 51.9 Å². The van der Waals surface area contributed by atoms with Crippen molar-refractivity contribution in [1.29, 1.82) is 0 Å². The van der Waals surface area contributed by atoms with Crippen LogP contribution in [0.4, 0.5) is 0 Å². The first-order chi connectivity index (χ1) is 9.58. The van der Waals surface area contributed by atoms with Crippen LogP contribution in [0.3, 0.4) is 0 Å². The summed E-state index contributed by atoms with van der Waals surface area (Å²) in [5.74, 6) is 0.785. The summed E-state index contributed by atoms with van der Waals surface area (Å²) in [6, 6.07) is 6.42. The predicted molar refractivity (Wildman–Crippen MR) is 85.2 cm³/mol. The zero-order valence-corrected chi connectivity index (χ0v) is 13.9. The van der Waals surface area contributed by atoms with Gasteiger partial charge < -0.3 is 14.7 Å². The van der Waals surface area contributed by atoms with Gasteiger partial charge in [0.2, 0.25) is 0 Å². The Balaban J connectivity index is 1.91. The Morgan fingerprint density at radius 2 is 2.25 bits per heavy atom. The summed E-state index contributed by atoms with van der Waals surface area (Å²) in [5, 5.41) is 9.78. The molecule has 2 unspecified atom stereocenters. The lowest BCUT2D eigenvalue weighted by molar-refractivity contribution is 0.149. The van der Waals surface area contributed by atoms with Crippen molar-refractivity contribution in [1.82, 2.24) is 4.90 Å². The van der Waals surface area contributed by atoms with Crippen molar-refractivity contribution in [3.63, 3.8) is 0 Å². The standard InChI is InChI=1S/C16H24BrNO2/c1-12(19)15-7-6-13(17)11-16(15)20-10-8-14-5-3-4-9-18(14)2/h6-7,11-12,14,19H,3-5,8-10H2,1-2H3. The lowest BCUT2D eigenvalue weighted by Crippen LogP contribution is -2.37. The van der Waals surface area contributed by atoms with Gasteiger partial charge in [0, 0.05) is 16.1 Å². The molecule has 1 heterocycles. The largest absolute Gasteiger partial charge is 0.493 e. The van der Waals surface area contributed by atoms with Crippen LogP contribution in [-0.4, -0.2) is 36.2 Å². The van der Waals surface area contributed by atoms with E-state index in [0.717, 1.165) is 22.2 Å².